The highest BCUT2D eigenvalue weighted by Gasteiger charge is 2.51. The quantitative estimate of drug-likeness (QED) is 0.0369. The molecule has 0 saturated carbocycles. The molecule has 0 fully saturated rings. The molecule has 9 rings (SSSR count). The van der Waals surface area contributed by atoms with E-state index in [1.807, 2.05) is 0 Å². The average Bonchev–Trinajstić information content (AvgIpc) is 3.62. The van der Waals surface area contributed by atoms with Crippen molar-refractivity contribution in [2.75, 3.05) is 0 Å². The zero-order valence-corrected chi connectivity index (χ0v) is 49.7. The maximum absolute atomic E-state index is 2.70. The van der Waals surface area contributed by atoms with E-state index in [1.165, 1.54) is 254 Å². The second-order valence-electron chi connectivity index (χ2n) is 24.4. The van der Waals surface area contributed by atoms with Gasteiger partial charge in [0.2, 0.25) is 0 Å². The molecule has 0 aliphatic heterocycles. The molecule has 0 amide bonds. The van der Waals surface area contributed by atoms with Gasteiger partial charge in [-0.25, -0.2) is 0 Å². The molecule has 0 nitrogen and oxygen atoms in total. The Morgan fingerprint density at radius 2 is 0.462 bits per heavy atom. The predicted octanol–water partition coefficient (Wildman–Crippen LogP) is 22.6. The van der Waals surface area contributed by atoms with Gasteiger partial charge in [0.25, 0.3) is 0 Å². The van der Waals surface area contributed by atoms with E-state index in [4.69, 9.17) is 0 Å². The smallest absolute Gasteiger partial charge is 0.0654 e. The van der Waals surface area contributed by atoms with Crippen molar-refractivity contribution in [2.24, 2.45) is 0 Å². The Morgan fingerprint density at radius 3 is 0.718 bits per heavy atom. The number of rotatable bonds is 32. The molecule has 0 spiro atoms. The van der Waals surface area contributed by atoms with Crippen molar-refractivity contribution < 1.29 is 0 Å². The first-order chi connectivity index (χ1) is 38.4. The number of benzene rings is 7. The highest BCUT2D eigenvalue weighted by molar-refractivity contribution is 5.95. The second kappa shape index (κ2) is 28.1. The molecule has 0 unspecified atom stereocenters. The van der Waals surface area contributed by atoms with Crippen LogP contribution in [0.25, 0.3) is 22.3 Å². The van der Waals surface area contributed by atoms with E-state index in [2.05, 4.69) is 187 Å². The summed E-state index contributed by atoms with van der Waals surface area (Å²) >= 11 is 0. The van der Waals surface area contributed by atoms with Crippen LogP contribution in [-0.4, -0.2) is 0 Å². The minimum atomic E-state index is -0.491. The van der Waals surface area contributed by atoms with Crippen LogP contribution < -0.4 is 0 Å². The first-order valence-corrected chi connectivity index (χ1v) is 32.2. The monoisotopic (exact) mass is 1030 g/mol. The largest absolute Gasteiger partial charge is 0.0713 e. The molecule has 7 aromatic rings. The molecule has 0 radical (unpaired) electrons. The van der Waals surface area contributed by atoms with Crippen LogP contribution >= 0.6 is 0 Å². The van der Waals surface area contributed by atoms with E-state index < -0.39 is 10.8 Å². The Labute approximate surface area is 475 Å². The van der Waals surface area contributed by atoms with E-state index in [0.717, 1.165) is 25.7 Å². The number of hydrogen-bond acceptors (Lipinski definition) is 0. The van der Waals surface area contributed by atoms with Crippen molar-refractivity contribution in [1.82, 2.24) is 0 Å². The normalized spacial score (nSPS) is 13.6. The lowest BCUT2D eigenvalue weighted by Gasteiger charge is -2.36. The molecule has 0 heterocycles. The second-order valence-corrected chi connectivity index (χ2v) is 24.4. The van der Waals surface area contributed by atoms with Crippen LogP contribution in [0.15, 0.2) is 146 Å². The van der Waals surface area contributed by atoms with Gasteiger partial charge in [-0.05, 0) is 166 Å². The fraction of sp³-hybridized carbons (Fsp3) is 0.462. The third kappa shape index (κ3) is 12.6. The highest BCUT2D eigenvalue weighted by Crippen LogP contribution is 2.63. The summed E-state index contributed by atoms with van der Waals surface area (Å²) in [5.74, 6) is 0. The van der Waals surface area contributed by atoms with E-state index >= 15 is 0 Å². The van der Waals surface area contributed by atoms with E-state index in [-0.39, 0.29) is 0 Å². The number of hydrogen-bond donors (Lipinski definition) is 0. The fourth-order valence-electron chi connectivity index (χ4n) is 14.1. The molecule has 2 aliphatic rings. The standard InChI is InChI=1S/C78H98/c1-7-11-15-19-23-27-31-61-37-45-65(46-38-61)77(66-47-39-62(40-48-66)32-28-24-20-16-12-8-2)73-55-59(5)35-53-69(73)71-58-76-72(57-75(71)77)70-54-36-60(6)56-74(70)78(76,67-49-41-63(42-50-67)33-29-25-21-17-13-9-3)68-51-43-64(44-52-68)34-30-26-22-18-14-10-4/h35-58H,7-34H2,1-6H3. The van der Waals surface area contributed by atoms with Gasteiger partial charge in [-0.2, -0.15) is 0 Å². The molecule has 78 heavy (non-hydrogen) atoms. The van der Waals surface area contributed by atoms with Crippen molar-refractivity contribution in [1.29, 1.82) is 0 Å². The van der Waals surface area contributed by atoms with Crippen molar-refractivity contribution in [3.63, 3.8) is 0 Å². The van der Waals surface area contributed by atoms with Gasteiger partial charge in [-0.3, -0.25) is 0 Å². The van der Waals surface area contributed by atoms with Gasteiger partial charge in [0, 0.05) is 0 Å². The van der Waals surface area contributed by atoms with Crippen molar-refractivity contribution >= 4 is 0 Å². The molecule has 0 bridgehead atoms. The zero-order valence-electron chi connectivity index (χ0n) is 49.7. The Morgan fingerprint density at radius 1 is 0.231 bits per heavy atom. The predicted molar refractivity (Wildman–Crippen MR) is 339 cm³/mol. The molecule has 0 N–H and O–H groups in total. The van der Waals surface area contributed by atoms with Crippen molar-refractivity contribution in [3.05, 3.63) is 223 Å². The van der Waals surface area contributed by atoms with Gasteiger partial charge >= 0.3 is 0 Å². The molecule has 2 aliphatic carbocycles. The molecular formula is C78H98. The molecular weight excluding hydrogens is 937 g/mol. The number of unbranched alkanes of at least 4 members (excludes halogenated alkanes) is 20. The van der Waals surface area contributed by atoms with Gasteiger partial charge in [-0.1, -0.05) is 301 Å². The van der Waals surface area contributed by atoms with Crippen LogP contribution in [0.1, 0.15) is 260 Å². The van der Waals surface area contributed by atoms with Gasteiger partial charge in [0.1, 0.15) is 0 Å². The van der Waals surface area contributed by atoms with Crippen molar-refractivity contribution in [2.45, 2.75) is 232 Å². The molecule has 7 aromatic carbocycles. The number of aryl methyl sites for hydroxylation is 6. The van der Waals surface area contributed by atoms with Gasteiger partial charge in [0.15, 0.2) is 0 Å². The van der Waals surface area contributed by atoms with Gasteiger partial charge < -0.3 is 0 Å². The van der Waals surface area contributed by atoms with E-state index in [0.29, 0.717) is 0 Å². The highest BCUT2D eigenvalue weighted by atomic mass is 14.5. The first-order valence-electron chi connectivity index (χ1n) is 32.2. The molecule has 0 atom stereocenters. The Hall–Kier alpha value is -5.46. The zero-order chi connectivity index (χ0) is 54.2. The molecule has 410 valence electrons. The first kappa shape index (κ1) is 57.2. The molecule has 0 heteroatoms. The van der Waals surface area contributed by atoms with Crippen molar-refractivity contribution in [3.8, 4) is 22.3 Å². The lowest BCUT2D eigenvalue weighted by molar-refractivity contribution is 0.607. The summed E-state index contributed by atoms with van der Waals surface area (Å²) in [6.45, 7) is 13.9. The van der Waals surface area contributed by atoms with E-state index in [9.17, 15) is 0 Å². The Bertz CT molecular complexity index is 2620. The molecule has 0 aromatic heterocycles. The summed E-state index contributed by atoms with van der Waals surface area (Å²) in [6, 6.07) is 60.2. The van der Waals surface area contributed by atoms with Crippen LogP contribution in [-0.2, 0) is 36.5 Å². The lowest BCUT2D eigenvalue weighted by atomic mass is 9.65. The average molecular weight is 1040 g/mol. The summed E-state index contributed by atoms with van der Waals surface area (Å²) < 4.78 is 0. The van der Waals surface area contributed by atoms with Crippen LogP contribution in [0.2, 0.25) is 0 Å². The Balaban J connectivity index is 1.20. The number of fused-ring (bicyclic) bond motifs is 6. The summed E-state index contributed by atoms with van der Waals surface area (Å²) in [5.41, 5.74) is 24.1. The SMILES string of the molecule is CCCCCCCCc1ccc(C2(c3ccc(CCCCCCCC)cc3)c3cc(C)ccc3-c3cc4c(cc32)-c2ccc(C)cc2C4(c2ccc(CCCCCCCC)cc2)c2ccc(CCCCCCCC)cc2)cc1. The summed E-state index contributed by atoms with van der Waals surface area (Å²) in [5, 5.41) is 0. The fourth-order valence-corrected chi connectivity index (χ4v) is 14.1. The van der Waals surface area contributed by atoms with Gasteiger partial charge in [-0.15, -0.1) is 0 Å². The summed E-state index contributed by atoms with van der Waals surface area (Å²) in [6.07, 6.45) is 36.3. The molecule has 0 saturated heterocycles. The van der Waals surface area contributed by atoms with Crippen LogP contribution in [0.3, 0.4) is 0 Å². The minimum Gasteiger partial charge on any atom is -0.0654 e. The van der Waals surface area contributed by atoms with E-state index in [1.54, 1.807) is 0 Å². The minimum absolute atomic E-state index is 0.491. The van der Waals surface area contributed by atoms with Crippen LogP contribution in [0.5, 0.6) is 0 Å². The Kier molecular flexibility index (Phi) is 20.6. The maximum Gasteiger partial charge on any atom is 0.0713 e. The van der Waals surface area contributed by atoms with Crippen LogP contribution in [0.4, 0.5) is 0 Å². The van der Waals surface area contributed by atoms with Gasteiger partial charge in [0.05, 0.1) is 10.8 Å². The van der Waals surface area contributed by atoms with Crippen LogP contribution in [0, 0.1) is 13.8 Å². The topological polar surface area (TPSA) is 0 Å². The summed E-state index contributed by atoms with van der Waals surface area (Å²) in [4.78, 5) is 0. The lowest BCUT2D eigenvalue weighted by Crippen LogP contribution is -2.30. The third-order valence-corrected chi connectivity index (χ3v) is 18.5. The third-order valence-electron chi connectivity index (χ3n) is 18.5. The summed E-state index contributed by atoms with van der Waals surface area (Å²) in [7, 11) is 0. The maximum atomic E-state index is 2.70.